The molecule has 7 heteroatoms. The van der Waals surface area contributed by atoms with Crippen LogP contribution in [0.1, 0.15) is 19.9 Å². The number of aromatic nitrogens is 4. The zero-order valence-electron chi connectivity index (χ0n) is 9.66. The lowest BCUT2D eigenvalue weighted by molar-refractivity contribution is 0.458. The summed E-state index contributed by atoms with van der Waals surface area (Å²) in [4.78, 5) is 7.86. The Kier molecular flexibility index (Phi) is 3.20. The van der Waals surface area contributed by atoms with Crippen LogP contribution < -0.4 is 16.0 Å². The van der Waals surface area contributed by atoms with Gasteiger partial charge in [0.05, 0.1) is 12.4 Å². The number of nitrogens with zero attached hydrogens (tertiary/aromatic N) is 4. The van der Waals surface area contributed by atoms with Crippen LogP contribution in [0.4, 0.5) is 5.82 Å². The van der Waals surface area contributed by atoms with Crippen molar-refractivity contribution in [3.05, 3.63) is 24.8 Å². The minimum Gasteiger partial charge on any atom is -0.436 e. The molecule has 0 aliphatic heterocycles. The second-order valence-electron chi connectivity index (χ2n) is 3.74. The highest BCUT2D eigenvalue weighted by Gasteiger charge is 2.05. The number of anilines is 1. The lowest BCUT2D eigenvalue weighted by Crippen LogP contribution is -2.08. The van der Waals surface area contributed by atoms with E-state index >= 15 is 0 Å². The molecule has 17 heavy (non-hydrogen) atoms. The average molecular weight is 234 g/mol. The molecule has 7 nitrogen and oxygen atoms in total. The maximum Gasteiger partial charge on any atom is 0.224 e. The predicted octanol–water partition coefficient (Wildman–Crippen LogP) is 1.33. The highest BCUT2D eigenvalue weighted by Crippen LogP contribution is 2.20. The topological polar surface area (TPSA) is 90.9 Å². The first kappa shape index (κ1) is 11.3. The summed E-state index contributed by atoms with van der Waals surface area (Å²) in [5.74, 6) is 6.77. The van der Waals surface area contributed by atoms with E-state index in [4.69, 9.17) is 10.6 Å². The number of rotatable bonds is 4. The van der Waals surface area contributed by atoms with Crippen LogP contribution in [0.25, 0.3) is 0 Å². The molecule has 0 saturated carbocycles. The normalized spacial score (nSPS) is 10.6. The van der Waals surface area contributed by atoms with Crippen molar-refractivity contribution in [1.29, 1.82) is 0 Å². The molecule has 0 atom stereocenters. The number of hydrogen-bond donors (Lipinski definition) is 2. The fourth-order valence-electron chi connectivity index (χ4n) is 1.25. The van der Waals surface area contributed by atoms with Gasteiger partial charge in [0.25, 0.3) is 0 Å². The van der Waals surface area contributed by atoms with Crippen LogP contribution in [0.15, 0.2) is 24.8 Å². The third-order valence-electron chi connectivity index (χ3n) is 2.12. The molecular weight excluding hydrogens is 220 g/mol. The number of nitrogens with one attached hydrogen (secondary N) is 1. The average Bonchev–Trinajstić information content (AvgIpc) is 2.78. The summed E-state index contributed by atoms with van der Waals surface area (Å²) >= 11 is 0. The van der Waals surface area contributed by atoms with Crippen molar-refractivity contribution in [2.24, 2.45) is 5.84 Å². The van der Waals surface area contributed by atoms with E-state index in [-0.39, 0.29) is 0 Å². The molecule has 0 unspecified atom stereocenters. The zero-order chi connectivity index (χ0) is 12.3. The molecule has 0 aliphatic rings. The van der Waals surface area contributed by atoms with Crippen molar-refractivity contribution < 1.29 is 4.74 Å². The van der Waals surface area contributed by atoms with Crippen molar-refractivity contribution in [2.45, 2.75) is 19.9 Å². The van der Waals surface area contributed by atoms with Crippen LogP contribution >= 0.6 is 0 Å². The van der Waals surface area contributed by atoms with Crippen LogP contribution in [-0.2, 0) is 0 Å². The number of nitrogens with two attached hydrogens (primary N) is 1. The summed E-state index contributed by atoms with van der Waals surface area (Å²) in [7, 11) is 0. The molecule has 2 heterocycles. The second-order valence-corrected chi connectivity index (χ2v) is 3.74. The summed E-state index contributed by atoms with van der Waals surface area (Å²) in [5, 5.41) is 4.16. The summed E-state index contributed by atoms with van der Waals surface area (Å²) in [5.41, 5.74) is 2.42. The van der Waals surface area contributed by atoms with Crippen molar-refractivity contribution in [1.82, 2.24) is 19.7 Å². The van der Waals surface area contributed by atoms with Crippen LogP contribution in [0.2, 0.25) is 0 Å². The fraction of sp³-hybridized carbons (Fsp3) is 0.300. The van der Waals surface area contributed by atoms with E-state index in [9.17, 15) is 0 Å². The summed E-state index contributed by atoms with van der Waals surface area (Å²) in [6.45, 7) is 4.08. The summed E-state index contributed by atoms with van der Waals surface area (Å²) in [6.07, 6.45) is 4.82. The molecule has 0 aliphatic carbocycles. The molecular formula is C10H14N6O. The first-order chi connectivity index (χ1) is 8.19. The lowest BCUT2D eigenvalue weighted by atomic mass is 10.4. The van der Waals surface area contributed by atoms with Crippen molar-refractivity contribution in [3.8, 4) is 11.6 Å². The maximum atomic E-state index is 5.52. The van der Waals surface area contributed by atoms with Gasteiger partial charge >= 0.3 is 0 Å². The number of nitrogen functional groups attached to an aromatic ring is 1. The summed E-state index contributed by atoms with van der Waals surface area (Å²) in [6, 6.07) is 1.89. The van der Waals surface area contributed by atoms with Gasteiger partial charge in [-0.05, 0) is 13.8 Å². The molecule has 0 bridgehead atoms. The Morgan fingerprint density at radius 2 is 2.24 bits per heavy atom. The number of ether oxygens (including phenoxy) is 1. The number of hydrogen-bond acceptors (Lipinski definition) is 6. The van der Waals surface area contributed by atoms with Gasteiger partial charge in [-0.2, -0.15) is 5.10 Å². The SMILES string of the molecule is CC(C)n1cc(Oc2cc(NN)ncn2)cn1. The van der Waals surface area contributed by atoms with Crippen molar-refractivity contribution in [2.75, 3.05) is 5.43 Å². The monoisotopic (exact) mass is 234 g/mol. The summed E-state index contributed by atoms with van der Waals surface area (Å²) < 4.78 is 7.33. The Bertz CT molecular complexity index is 495. The third-order valence-corrected chi connectivity index (χ3v) is 2.12. The molecule has 3 N–H and O–H groups in total. The van der Waals surface area contributed by atoms with E-state index < -0.39 is 0 Å². The van der Waals surface area contributed by atoms with Crippen molar-refractivity contribution in [3.63, 3.8) is 0 Å². The highest BCUT2D eigenvalue weighted by molar-refractivity contribution is 5.36. The van der Waals surface area contributed by atoms with Gasteiger partial charge in [0.2, 0.25) is 5.88 Å². The van der Waals surface area contributed by atoms with Crippen LogP contribution in [0.5, 0.6) is 11.6 Å². The van der Waals surface area contributed by atoms with Gasteiger partial charge in [0.1, 0.15) is 12.1 Å². The lowest BCUT2D eigenvalue weighted by Gasteiger charge is -2.04. The zero-order valence-corrected chi connectivity index (χ0v) is 9.66. The van der Waals surface area contributed by atoms with Gasteiger partial charge in [-0.15, -0.1) is 0 Å². The molecule has 2 rings (SSSR count). The predicted molar refractivity (Wildman–Crippen MR) is 62.5 cm³/mol. The van der Waals surface area contributed by atoms with E-state index in [1.165, 1.54) is 6.33 Å². The van der Waals surface area contributed by atoms with Gasteiger partial charge in [0, 0.05) is 12.1 Å². The van der Waals surface area contributed by atoms with E-state index in [0.29, 0.717) is 23.5 Å². The minimum absolute atomic E-state index is 0.291. The molecule has 2 aromatic rings. The third kappa shape index (κ3) is 2.70. The smallest absolute Gasteiger partial charge is 0.224 e. The van der Waals surface area contributed by atoms with E-state index in [0.717, 1.165) is 0 Å². The molecule has 0 aromatic carbocycles. The molecule has 0 radical (unpaired) electrons. The van der Waals surface area contributed by atoms with Crippen LogP contribution in [0.3, 0.4) is 0 Å². The standard InChI is InChI=1S/C10H14N6O/c1-7(2)16-5-8(4-14-16)17-10-3-9(15-11)12-6-13-10/h3-7H,11H2,1-2H3,(H,12,13,15). The largest absolute Gasteiger partial charge is 0.436 e. The van der Waals surface area contributed by atoms with Crippen LogP contribution in [-0.4, -0.2) is 19.7 Å². The molecule has 0 fully saturated rings. The second kappa shape index (κ2) is 4.79. The Morgan fingerprint density at radius 1 is 1.41 bits per heavy atom. The Labute approximate surface area is 98.6 Å². The van der Waals surface area contributed by atoms with Gasteiger partial charge in [-0.1, -0.05) is 0 Å². The maximum absolute atomic E-state index is 5.52. The van der Waals surface area contributed by atoms with Crippen LogP contribution in [0, 0.1) is 0 Å². The van der Waals surface area contributed by atoms with Gasteiger partial charge < -0.3 is 10.2 Å². The molecule has 0 amide bonds. The van der Waals surface area contributed by atoms with E-state index in [2.05, 4.69) is 20.5 Å². The molecule has 0 spiro atoms. The Hall–Kier alpha value is -2.15. The number of hydrazine groups is 1. The van der Waals surface area contributed by atoms with Gasteiger partial charge in [-0.25, -0.2) is 15.8 Å². The Morgan fingerprint density at radius 3 is 2.88 bits per heavy atom. The van der Waals surface area contributed by atoms with Crippen molar-refractivity contribution >= 4 is 5.82 Å². The fourth-order valence-corrected chi connectivity index (χ4v) is 1.25. The molecule has 90 valence electrons. The quantitative estimate of drug-likeness (QED) is 0.612. The van der Waals surface area contributed by atoms with Gasteiger partial charge in [0.15, 0.2) is 5.75 Å². The van der Waals surface area contributed by atoms with E-state index in [1.807, 2.05) is 20.0 Å². The highest BCUT2D eigenvalue weighted by atomic mass is 16.5. The van der Waals surface area contributed by atoms with Gasteiger partial charge in [-0.3, -0.25) is 4.68 Å². The first-order valence-corrected chi connectivity index (χ1v) is 5.19. The minimum atomic E-state index is 0.291. The first-order valence-electron chi connectivity index (χ1n) is 5.19. The molecule has 0 saturated heterocycles. The molecule has 2 aromatic heterocycles. The van der Waals surface area contributed by atoms with E-state index in [1.54, 1.807) is 16.9 Å². The Balaban J connectivity index is 2.13.